The van der Waals surface area contributed by atoms with Crippen LogP contribution >= 0.6 is 0 Å². The number of rotatable bonds is 5. The monoisotopic (exact) mass is 392 g/mol. The van der Waals surface area contributed by atoms with E-state index in [9.17, 15) is 4.79 Å². The zero-order valence-electron chi connectivity index (χ0n) is 15.2. The number of nitrogens with two attached hydrogens (primary N) is 1. The quantitative estimate of drug-likeness (QED) is 0.525. The molecule has 1 aliphatic rings. The Morgan fingerprint density at radius 3 is 2.93 bits per heavy atom. The van der Waals surface area contributed by atoms with Gasteiger partial charge in [-0.15, -0.1) is 5.10 Å². The van der Waals surface area contributed by atoms with Crippen LogP contribution in [0, 0.1) is 0 Å². The number of benzene rings is 1. The number of nitrogens with zero attached hydrogens (tertiary/aromatic N) is 4. The molecule has 0 bridgehead atoms. The summed E-state index contributed by atoms with van der Waals surface area (Å²) in [7, 11) is 0. The number of fused-ring (bicyclic) bond motifs is 2. The normalized spacial score (nSPS) is 12.4. The molecule has 1 amide bonds. The molecule has 4 heterocycles. The third-order valence-electron chi connectivity index (χ3n) is 4.46. The van der Waals surface area contributed by atoms with Crippen molar-refractivity contribution in [3.63, 3.8) is 0 Å². The summed E-state index contributed by atoms with van der Waals surface area (Å²) in [5, 5.41) is 7.09. The lowest BCUT2D eigenvalue weighted by atomic mass is 10.1. The second kappa shape index (κ2) is 6.82. The lowest BCUT2D eigenvalue weighted by molar-refractivity contribution is 0.0949. The van der Waals surface area contributed by atoms with Gasteiger partial charge in [-0.25, -0.2) is 9.97 Å². The third kappa shape index (κ3) is 3.20. The van der Waals surface area contributed by atoms with Crippen molar-refractivity contribution in [3.05, 3.63) is 53.9 Å². The maximum absolute atomic E-state index is 12.5. The fourth-order valence-electron chi connectivity index (χ4n) is 3.05. The number of furan rings is 1. The smallest absolute Gasteiger partial charge is 0.270 e. The maximum Gasteiger partial charge on any atom is 0.270 e. The Labute approximate surface area is 164 Å². The average molecular weight is 392 g/mol. The van der Waals surface area contributed by atoms with E-state index in [4.69, 9.17) is 19.6 Å². The molecule has 0 aliphatic carbocycles. The molecular weight excluding hydrogens is 376 g/mol. The Bertz CT molecular complexity index is 1200. The van der Waals surface area contributed by atoms with Gasteiger partial charge in [-0.1, -0.05) is 6.07 Å². The summed E-state index contributed by atoms with van der Waals surface area (Å²) in [5.74, 6) is 2.03. The van der Waals surface area contributed by atoms with Crippen LogP contribution in [0.5, 0.6) is 11.5 Å². The van der Waals surface area contributed by atoms with E-state index in [1.165, 1.54) is 16.8 Å². The Hall–Kier alpha value is -4.08. The first-order chi connectivity index (χ1) is 14.2. The van der Waals surface area contributed by atoms with Gasteiger partial charge < -0.3 is 24.9 Å². The summed E-state index contributed by atoms with van der Waals surface area (Å²) in [6.45, 7) is 0.658. The average Bonchev–Trinajstić information content (AvgIpc) is 3.46. The molecule has 0 unspecified atom stereocenters. The molecule has 146 valence electrons. The fourth-order valence-corrected chi connectivity index (χ4v) is 3.05. The fraction of sp³-hybridized carbons (Fsp3) is 0.158. The second-order valence-electron chi connectivity index (χ2n) is 6.38. The van der Waals surface area contributed by atoms with E-state index < -0.39 is 0 Å². The van der Waals surface area contributed by atoms with Crippen molar-refractivity contribution in [2.24, 2.45) is 0 Å². The predicted octanol–water partition coefficient (Wildman–Crippen LogP) is 1.67. The van der Waals surface area contributed by atoms with Gasteiger partial charge in [0.25, 0.3) is 5.91 Å². The highest BCUT2D eigenvalue weighted by Crippen LogP contribution is 2.32. The van der Waals surface area contributed by atoms with Crippen LogP contribution < -0.4 is 20.5 Å². The Kier molecular flexibility index (Phi) is 4.01. The third-order valence-corrected chi connectivity index (χ3v) is 4.46. The molecule has 4 aromatic rings. The van der Waals surface area contributed by atoms with Crippen molar-refractivity contribution in [1.29, 1.82) is 0 Å². The zero-order valence-corrected chi connectivity index (χ0v) is 15.2. The second-order valence-corrected chi connectivity index (χ2v) is 6.38. The van der Waals surface area contributed by atoms with Crippen molar-refractivity contribution in [2.75, 3.05) is 19.1 Å². The first kappa shape index (κ1) is 17.0. The number of nitrogen functional groups attached to an aromatic ring is 1. The summed E-state index contributed by atoms with van der Waals surface area (Å²) in [6.07, 6.45) is 2.16. The molecular formula is C19H16N6O4. The van der Waals surface area contributed by atoms with Crippen molar-refractivity contribution in [1.82, 2.24) is 24.9 Å². The molecule has 10 heteroatoms. The first-order valence-corrected chi connectivity index (χ1v) is 8.91. The number of hydrogen-bond donors (Lipinski definition) is 2. The van der Waals surface area contributed by atoms with Crippen LogP contribution in [-0.2, 0) is 6.42 Å². The molecule has 0 fully saturated rings. The molecule has 3 aromatic heterocycles. The molecule has 5 rings (SSSR count). The lowest BCUT2D eigenvalue weighted by Gasteiger charge is -2.07. The van der Waals surface area contributed by atoms with Gasteiger partial charge in [-0.3, -0.25) is 4.79 Å². The topological polar surface area (TPSA) is 130 Å². The van der Waals surface area contributed by atoms with E-state index in [-0.39, 0.29) is 24.3 Å². The van der Waals surface area contributed by atoms with Gasteiger partial charge in [0.2, 0.25) is 18.6 Å². The summed E-state index contributed by atoms with van der Waals surface area (Å²) in [5.41, 5.74) is 7.55. The standard InChI is InChI=1S/C19H16N6O4/c20-19-22-12(9-16-23-17(24-25(16)19)14-2-1-7-27-14)18(26)21-6-5-11-3-4-13-15(8-11)29-10-28-13/h1-4,7-9H,5-6,10H2,(H2,20,22)(H,21,26). The number of aromatic nitrogens is 4. The molecule has 0 saturated heterocycles. The highest BCUT2D eigenvalue weighted by Gasteiger charge is 2.16. The van der Waals surface area contributed by atoms with Crippen LogP contribution in [-0.4, -0.2) is 38.8 Å². The van der Waals surface area contributed by atoms with E-state index >= 15 is 0 Å². The zero-order chi connectivity index (χ0) is 19.8. The number of hydrogen-bond acceptors (Lipinski definition) is 8. The van der Waals surface area contributed by atoms with Gasteiger partial charge in [0.15, 0.2) is 22.9 Å². The number of nitrogens with one attached hydrogen (secondary N) is 1. The lowest BCUT2D eigenvalue weighted by Crippen LogP contribution is -2.27. The number of amides is 1. The number of anilines is 1. The number of ether oxygens (including phenoxy) is 2. The predicted molar refractivity (Wildman–Crippen MR) is 101 cm³/mol. The molecule has 0 atom stereocenters. The first-order valence-electron chi connectivity index (χ1n) is 8.91. The van der Waals surface area contributed by atoms with E-state index in [1.807, 2.05) is 18.2 Å². The SMILES string of the molecule is Nc1nc(C(=O)NCCc2ccc3c(c2)OCO3)cc2nc(-c3ccco3)nn12. The van der Waals surface area contributed by atoms with Gasteiger partial charge in [0, 0.05) is 12.6 Å². The summed E-state index contributed by atoms with van der Waals surface area (Å²) in [4.78, 5) is 21.0. The van der Waals surface area contributed by atoms with Crippen molar-refractivity contribution < 1.29 is 18.7 Å². The minimum Gasteiger partial charge on any atom is -0.461 e. The molecule has 10 nitrogen and oxygen atoms in total. The summed E-state index contributed by atoms with van der Waals surface area (Å²) in [6, 6.07) is 10.7. The molecule has 1 aromatic carbocycles. The molecule has 3 N–H and O–H groups in total. The van der Waals surface area contributed by atoms with Crippen LogP contribution in [0.2, 0.25) is 0 Å². The molecule has 0 spiro atoms. The molecule has 0 saturated carbocycles. The van der Waals surface area contributed by atoms with Crippen LogP contribution in [0.15, 0.2) is 47.1 Å². The van der Waals surface area contributed by atoms with E-state index in [1.54, 1.807) is 12.1 Å². The van der Waals surface area contributed by atoms with E-state index in [0.29, 0.717) is 35.9 Å². The Morgan fingerprint density at radius 1 is 1.17 bits per heavy atom. The highest BCUT2D eigenvalue weighted by atomic mass is 16.7. The van der Waals surface area contributed by atoms with Crippen molar-refractivity contribution in [2.45, 2.75) is 6.42 Å². The van der Waals surface area contributed by atoms with Gasteiger partial charge in [-0.2, -0.15) is 4.52 Å². The minimum absolute atomic E-state index is 0.0636. The molecule has 1 aliphatic heterocycles. The number of carbonyl (C=O) groups excluding carboxylic acids is 1. The van der Waals surface area contributed by atoms with Gasteiger partial charge >= 0.3 is 0 Å². The summed E-state index contributed by atoms with van der Waals surface area (Å²) < 4.78 is 17.3. The number of carbonyl (C=O) groups is 1. The maximum atomic E-state index is 12.5. The van der Waals surface area contributed by atoms with Crippen LogP contribution in [0.1, 0.15) is 16.1 Å². The highest BCUT2D eigenvalue weighted by molar-refractivity contribution is 5.93. The van der Waals surface area contributed by atoms with Crippen LogP contribution in [0.4, 0.5) is 5.95 Å². The van der Waals surface area contributed by atoms with Gasteiger partial charge in [-0.05, 0) is 36.2 Å². The van der Waals surface area contributed by atoms with E-state index in [2.05, 4.69) is 20.4 Å². The van der Waals surface area contributed by atoms with E-state index in [0.717, 1.165) is 11.3 Å². The van der Waals surface area contributed by atoms with Crippen molar-refractivity contribution in [3.8, 4) is 23.1 Å². The Morgan fingerprint density at radius 2 is 2.07 bits per heavy atom. The minimum atomic E-state index is -0.345. The molecule has 0 radical (unpaired) electrons. The molecule has 29 heavy (non-hydrogen) atoms. The largest absolute Gasteiger partial charge is 0.461 e. The van der Waals surface area contributed by atoms with Gasteiger partial charge in [0.05, 0.1) is 6.26 Å². The Balaban J connectivity index is 1.29. The van der Waals surface area contributed by atoms with Crippen LogP contribution in [0.3, 0.4) is 0 Å². The van der Waals surface area contributed by atoms with Crippen molar-refractivity contribution >= 4 is 17.5 Å². The van der Waals surface area contributed by atoms with Crippen LogP contribution in [0.25, 0.3) is 17.2 Å². The van der Waals surface area contributed by atoms with Gasteiger partial charge in [0.1, 0.15) is 5.69 Å². The summed E-state index contributed by atoms with van der Waals surface area (Å²) >= 11 is 0.